The number of amides is 1. The molecule has 2 N–H and O–H groups in total. The number of carbonyl (C=O) groups excluding carboxylic acids is 1. The Morgan fingerprint density at radius 2 is 1.37 bits per heavy atom. The minimum Gasteiger partial charge on any atom is -0.748 e. The molecule has 27 heavy (non-hydrogen) atoms. The second kappa shape index (κ2) is 9.94. The van der Waals surface area contributed by atoms with Gasteiger partial charge in [0.1, 0.15) is 0 Å². The summed E-state index contributed by atoms with van der Waals surface area (Å²) in [5.74, 6) is -0.521. The average molecular weight is 416 g/mol. The second-order valence-electron chi connectivity index (χ2n) is 5.71. The van der Waals surface area contributed by atoms with Gasteiger partial charge in [-0.25, -0.2) is 0 Å². The van der Waals surface area contributed by atoms with Crippen molar-refractivity contribution in [1.29, 1.82) is 0 Å². The van der Waals surface area contributed by atoms with Gasteiger partial charge in [-0.3, -0.25) is 4.79 Å². The number of hydrogen-bond acceptors (Lipinski definition) is 1. The van der Waals surface area contributed by atoms with Crippen LogP contribution in [0.15, 0.2) is 97.1 Å². The second-order valence-corrected chi connectivity index (χ2v) is 6.09. The maximum atomic E-state index is 11.5. The molecule has 0 aliphatic rings. The van der Waals surface area contributed by atoms with E-state index >= 15 is 0 Å². The van der Waals surface area contributed by atoms with Crippen LogP contribution < -0.4 is 5.73 Å². The van der Waals surface area contributed by atoms with E-state index in [0.717, 1.165) is 22.3 Å². The van der Waals surface area contributed by atoms with Crippen molar-refractivity contribution in [2.24, 2.45) is 5.73 Å². The summed E-state index contributed by atoms with van der Waals surface area (Å²) in [5.41, 5.74) is 9.70. The number of benzene rings is 2. The standard InChI is InChI=1S/C18H13ClNO.C5H5.Fe/c19-17-15(10-5-11-16(17)18(20)21)14-9-4-3-8-13(14)12-6-1-2-7-12;1-2-4-5-3-1;/h1-11H,(H2,20,21);1-5H;/q-1;-5;. The summed E-state index contributed by atoms with van der Waals surface area (Å²) in [6.07, 6.45) is 0. The number of primary amides is 1. The van der Waals surface area contributed by atoms with E-state index < -0.39 is 5.91 Å². The van der Waals surface area contributed by atoms with E-state index in [1.165, 1.54) is 0 Å². The number of halogens is 1. The van der Waals surface area contributed by atoms with Crippen molar-refractivity contribution < 1.29 is 21.9 Å². The van der Waals surface area contributed by atoms with Crippen LogP contribution in [-0.4, -0.2) is 5.91 Å². The van der Waals surface area contributed by atoms with Crippen LogP contribution in [-0.2, 0) is 17.1 Å². The molecule has 142 valence electrons. The Morgan fingerprint density at radius 3 is 1.96 bits per heavy atom. The van der Waals surface area contributed by atoms with Crippen LogP contribution in [0, 0.1) is 0 Å². The molecule has 0 radical (unpaired) electrons. The average Bonchev–Trinajstić information content (AvgIpc) is 3.38. The summed E-state index contributed by atoms with van der Waals surface area (Å²) in [5, 5.41) is 0.393. The van der Waals surface area contributed by atoms with E-state index in [-0.39, 0.29) is 17.1 Å². The third-order valence-electron chi connectivity index (χ3n) is 4.01. The Kier molecular flexibility index (Phi) is 7.63. The van der Waals surface area contributed by atoms with Gasteiger partial charge in [0.2, 0.25) is 5.91 Å². The zero-order valence-corrected chi connectivity index (χ0v) is 16.3. The van der Waals surface area contributed by atoms with Crippen molar-refractivity contribution in [3.8, 4) is 22.3 Å². The Balaban J connectivity index is 0.000000379. The van der Waals surface area contributed by atoms with Crippen molar-refractivity contribution in [2.45, 2.75) is 0 Å². The summed E-state index contributed by atoms with van der Waals surface area (Å²) in [7, 11) is 0. The molecule has 0 aromatic heterocycles. The zero-order valence-electron chi connectivity index (χ0n) is 14.5. The maximum Gasteiger partial charge on any atom is 0.250 e. The first-order valence-electron chi connectivity index (χ1n) is 8.25. The maximum absolute atomic E-state index is 11.5. The Hall–Kier alpha value is -2.58. The van der Waals surface area contributed by atoms with Crippen LogP contribution in [0.5, 0.6) is 0 Å². The van der Waals surface area contributed by atoms with Crippen molar-refractivity contribution in [3.05, 3.63) is 108 Å². The summed E-state index contributed by atoms with van der Waals surface area (Å²) in [6.45, 7) is 0. The minimum atomic E-state index is -0.521. The van der Waals surface area contributed by atoms with E-state index in [4.69, 9.17) is 17.3 Å². The SMILES string of the molecule is NC(=O)c1cccc(-c2ccccc2-[c-]2cccc2)c1Cl.[Fe].[cH-]1[cH-][cH-][cH-][cH-]1. The van der Waals surface area contributed by atoms with Crippen LogP contribution in [0.1, 0.15) is 10.4 Å². The molecule has 0 aliphatic heterocycles. The summed E-state index contributed by atoms with van der Waals surface area (Å²) < 4.78 is 0. The van der Waals surface area contributed by atoms with Gasteiger partial charge < -0.3 is 36.1 Å². The first-order valence-corrected chi connectivity index (χ1v) is 8.63. The molecule has 0 fully saturated rings. The molecule has 0 bridgehead atoms. The Morgan fingerprint density at radius 1 is 0.815 bits per heavy atom. The first-order chi connectivity index (χ1) is 12.7. The Bertz CT molecular complexity index is 958. The van der Waals surface area contributed by atoms with E-state index in [0.29, 0.717) is 10.6 Å². The van der Waals surface area contributed by atoms with Gasteiger partial charge in [-0.15, -0.1) is 23.8 Å². The molecular weight excluding hydrogens is 398 g/mol. The first kappa shape index (κ1) is 20.7. The van der Waals surface area contributed by atoms with Gasteiger partial charge in [0.05, 0.1) is 10.6 Å². The van der Waals surface area contributed by atoms with Crippen LogP contribution in [0.25, 0.3) is 22.3 Å². The summed E-state index contributed by atoms with van der Waals surface area (Å²) >= 11 is 6.37. The number of hydrogen-bond donors (Lipinski definition) is 1. The third kappa shape index (κ3) is 4.99. The van der Waals surface area contributed by atoms with Gasteiger partial charge in [-0.2, -0.15) is 12.1 Å². The molecular formula is C23H18ClFeNO-6. The quantitative estimate of drug-likeness (QED) is 0.329. The molecule has 2 nitrogen and oxygen atoms in total. The van der Waals surface area contributed by atoms with Gasteiger partial charge in [0.25, 0.3) is 0 Å². The van der Waals surface area contributed by atoms with Crippen LogP contribution in [0.4, 0.5) is 0 Å². The third-order valence-corrected chi connectivity index (χ3v) is 4.42. The number of nitrogens with two attached hydrogens (primary N) is 1. The monoisotopic (exact) mass is 415 g/mol. The predicted molar refractivity (Wildman–Crippen MR) is 108 cm³/mol. The number of rotatable bonds is 3. The van der Waals surface area contributed by atoms with E-state index in [9.17, 15) is 4.79 Å². The Labute approximate surface area is 174 Å². The van der Waals surface area contributed by atoms with Crippen molar-refractivity contribution in [1.82, 2.24) is 0 Å². The molecule has 0 spiro atoms. The molecule has 0 unspecified atom stereocenters. The smallest absolute Gasteiger partial charge is 0.250 e. The van der Waals surface area contributed by atoms with Crippen molar-refractivity contribution in [3.63, 3.8) is 0 Å². The van der Waals surface area contributed by atoms with Gasteiger partial charge in [-0.05, 0) is 11.6 Å². The summed E-state index contributed by atoms with van der Waals surface area (Å²) in [4.78, 5) is 11.5. The van der Waals surface area contributed by atoms with Crippen LogP contribution >= 0.6 is 11.6 Å². The fourth-order valence-electron chi connectivity index (χ4n) is 2.77. The molecule has 1 amide bonds. The summed E-state index contributed by atoms with van der Waals surface area (Å²) in [6, 6.07) is 31.4. The fourth-order valence-corrected chi connectivity index (χ4v) is 3.10. The molecule has 4 aromatic carbocycles. The molecule has 0 aliphatic carbocycles. The molecule has 4 aromatic rings. The normalized spacial score (nSPS) is 9.67. The zero-order chi connectivity index (χ0) is 18.4. The van der Waals surface area contributed by atoms with Gasteiger partial charge in [0.15, 0.2) is 0 Å². The minimum absolute atomic E-state index is 0. The number of carbonyl (C=O) groups is 1. The molecule has 0 atom stereocenters. The molecule has 0 saturated heterocycles. The van der Waals surface area contributed by atoms with Gasteiger partial charge in [-0.1, -0.05) is 53.1 Å². The van der Waals surface area contributed by atoms with Gasteiger partial charge in [0, 0.05) is 17.1 Å². The van der Waals surface area contributed by atoms with E-state index in [2.05, 4.69) is 0 Å². The van der Waals surface area contributed by atoms with E-state index in [1.807, 2.05) is 84.9 Å². The van der Waals surface area contributed by atoms with Gasteiger partial charge >= 0.3 is 0 Å². The predicted octanol–water partition coefficient (Wildman–Crippen LogP) is 5.89. The topological polar surface area (TPSA) is 43.1 Å². The van der Waals surface area contributed by atoms with E-state index in [1.54, 1.807) is 12.1 Å². The molecule has 4 rings (SSSR count). The molecule has 0 saturated carbocycles. The largest absolute Gasteiger partial charge is 0.748 e. The molecule has 0 heterocycles. The van der Waals surface area contributed by atoms with Crippen LogP contribution in [0.3, 0.4) is 0 Å². The van der Waals surface area contributed by atoms with Crippen molar-refractivity contribution >= 4 is 17.5 Å². The molecule has 4 heteroatoms. The van der Waals surface area contributed by atoms with Crippen LogP contribution in [0.2, 0.25) is 5.02 Å². The fraction of sp³-hybridized carbons (Fsp3) is 0. The van der Waals surface area contributed by atoms with Crippen molar-refractivity contribution in [2.75, 3.05) is 0 Å².